The topological polar surface area (TPSA) is 60.5 Å². The van der Waals surface area contributed by atoms with Gasteiger partial charge in [0, 0.05) is 10.4 Å². The third kappa shape index (κ3) is 3.17. The zero-order valence-electron chi connectivity index (χ0n) is 11.8. The average molecular weight is 341 g/mol. The Bertz CT molecular complexity index is 723. The number of rotatable bonds is 2. The number of halogens is 2. The van der Waals surface area contributed by atoms with E-state index in [1.807, 2.05) is 0 Å². The van der Waals surface area contributed by atoms with Crippen LogP contribution in [0.5, 0.6) is 0 Å². The monoisotopic (exact) mass is 340 g/mol. The normalized spacial score (nSPS) is 21.8. The number of carbonyl (C=O) groups excluding carboxylic acids is 1. The Kier molecular flexibility index (Phi) is 4.49. The van der Waals surface area contributed by atoms with Crippen molar-refractivity contribution in [2.45, 2.75) is 19.1 Å². The van der Waals surface area contributed by atoms with Crippen LogP contribution in [-0.4, -0.2) is 36.3 Å². The Morgan fingerprint density at radius 2 is 2.05 bits per heavy atom. The molecule has 22 heavy (non-hydrogen) atoms. The van der Waals surface area contributed by atoms with E-state index in [0.29, 0.717) is 34.6 Å². The number of aromatic nitrogens is 1. The molecule has 1 aliphatic rings. The molecule has 1 amide bonds. The van der Waals surface area contributed by atoms with Gasteiger partial charge in [-0.3, -0.25) is 4.79 Å². The zero-order chi connectivity index (χ0) is 15.7. The van der Waals surface area contributed by atoms with Crippen molar-refractivity contribution in [2.24, 2.45) is 0 Å². The van der Waals surface area contributed by atoms with Gasteiger partial charge in [0.15, 0.2) is 6.10 Å². The van der Waals surface area contributed by atoms with Gasteiger partial charge < -0.3 is 14.8 Å². The number of fused-ring (bicyclic) bond motifs is 1. The first-order chi connectivity index (χ1) is 10.5. The largest absolute Gasteiger partial charge is 0.373 e. The van der Waals surface area contributed by atoms with Crippen molar-refractivity contribution < 1.29 is 14.3 Å². The van der Waals surface area contributed by atoms with Crippen LogP contribution in [0, 0.1) is 0 Å². The highest BCUT2D eigenvalue weighted by atomic mass is 35.5. The lowest BCUT2D eigenvalue weighted by Gasteiger charge is -2.28. The predicted molar refractivity (Wildman–Crippen MR) is 85.5 cm³/mol. The van der Waals surface area contributed by atoms with Crippen molar-refractivity contribution in [2.75, 3.05) is 18.5 Å². The molecule has 1 aromatic heterocycles. The minimum Gasteiger partial charge on any atom is -0.373 e. The van der Waals surface area contributed by atoms with Crippen molar-refractivity contribution >= 4 is 45.8 Å². The molecule has 2 heterocycles. The number of carbonyl (C=O) groups is 1. The van der Waals surface area contributed by atoms with Crippen molar-refractivity contribution in [1.82, 2.24) is 4.98 Å². The maximum atomic E-state index is 12.2. The number of anilines is 1. The predicted octanol–water partition coefficient (Wildman–Crippen LogP) is 3.28. The lowest BCUT2D eigenvalue weighted by Crippen LogP contribution is -2.44. The van der Waals surface area contributed by atoms with Gasteiger partial charge in [0.05, 0.1) is 29.9 Å². The summed E-state index contributed by atoms with van der Waals surface area (Å²) in [4.78, 5) is 16.6. The van der Waals surface area contributed by atoms with E-state index in [-0.39, 0.29) is 12.0 Å². The smallest absolute Gasteiger partial charge is 0.257 e. The van der Waals surface area contributed by atoms with Crippen LogP contribution < -0.4 is 5.32 Å². The fourth-order valence-electron chi connectivity index (χ4n) is 2.35. The second-order valence-electron chi connectivity index (χ2n) is 5.01. The molecular weight excluding hydrogens is 327 g/mol. The van der Waals surface area contributed by atoms with E-state index in [1.54, 1.807) is 31.2 Å². The molecule has 0 aliphatic carbocycles. The van der Waals surface area contributed by atoms with Crippen molar-refractivity contribution in [1.29, 1.82) is 0 Å². The molecular formula is C15H14Cl2N2O3. The summed E-state index contributed by atoms with van der Waals surface area (Å²) in [6, 6.07) is 6.83. The molecule has 1 aliphatic heterocycles. The van der Waals surface area contributed by atoms with Gasteiger partial charge in [-0.15, -0.1) is 0 Å². The summed E-state index contributed by atoms with van der Waals surface area (Å²) >= 11 is 12.1. The van der Waals surface area contributed by atoms with Crippen LogP contribution in [0.4, 0.5) is 5.82 Å². The third-order valence-corrected chi connectivity index (χ3v) is 3.95. The number of pyridine rings is 1. The summed E-state index contributed by atoms with van der Waals surface area (Å²) < 4.78 is 10.9. The lowest BCUT2D eigenvalue weighted by atomic mass is 10.2. The van der Waals surface area contributed by atoms with Crippen LogP contribution in [0.3, 0.4) is 0 Å². The van der Waals surface area contributed by atoms with Crippen LogP contribution in [0.2, 0.25) is 10.0 Å². The van der Waals surface area contributed by atoms with Crippen LogP contribution in [-0.2, 0) is 14.3 Å². The van der Waals surface area contributed by atoms with Gasteiger partial charge in [0.1, 0.15) is 5.82 Å². The maximum absolute atomic E-state index is 12.2. The summed E-state index contributed by atoms with van der Waals surface area (Å²) in [5.41, 5.74) is 0.615. The second-order valence-corrected chi connectivity index (χ2v) is 5.85. The summed E-state index contributed by atoms with van der Waals surface area (Å²) in [6.45, 7) is 2.70. The van der Waals surface area contributed by atoms with Crippen molar-refractivity contribution in [3.63, 3.8) is 0 Å². The van der Waals surface area contributed by atoms with E-state index in [9.17, 15) is 4.79 Å². The first-order valence-corrected chi connectivity index (χ1v) is 7.60. The fourth-order valence-corrected chi connectivity index (χ4v) is 2.89. The third-order valence-electron chi connectivity index (χ3n) is 3.42. The summed E-state index contributed by atoms with van der Waals surface area (Å²) in [6.07, 6.45) is -0.938. The fraction of sp³-hybridized carbons (Fsp3) is 0.333. The summed E-state index contributed by atoms with van der Waals surface area (Å²) in [7, 11) is 0. The molecule has 1 saturated heterocycles. The first kappa shape index (κ1) is 15.5. The molecule has 1 N–H and O–H groups in total. The van der Waals surface area contributed by atoms with E-state index in [2.05, 4.69) is 10.3 Å². The van der Waals surface area contributed by atoms with Crippen molar-refractivity contribution in [3.05, 3.63) is 34.3 Å². The highest BCUT2D eigenvalue weighted by Gasteiger charge is 2.30. The maximum Gasteiger partial charge on any atom is 0.257 e. The quantitative estimate of drug-likeness (QED) is 0.911. The minimum atomic E-state index is -0.644. The van der Waals surface area contributed by atoms with Crippen LogP contribution in [0.15, 0.2) is 24.3 Å². The highest BCUT2D eigenvalue weighted by molar-refractivity contribution is 6.38. The lowest BCUT2D eigenvalue weighted by molar-refractivity contribution is -0.157. The molecule has 1 fully saturated rings. The standard InChI is InChI=1S/C15H14Cl2N2O3/c1-8-14(22-5-4-21-8)15(20)19-13-3-2-10-11(17)6-9(16)7-12(10)18-13/h2-3,6-8,14H,4-5H2,1H3,(H,18,19,20)/t8-,14-/m0/s1. The van der Waals surface area contributed by atoms with Crippen molar-refractivity contribution in [3.8, 4) is 0 Å². The van der Waals surface area contributed by atoms with Gasteiger partial charge in [-0.2, -0.15) is 0 Å². The SMILES string of the molecule is C[C@@H]1OCCO[C@@H]1C(=O)Nc1ccc2c(Cl)cc(Cl)cc2n1. The number of hydrogen-bond donors (Lipinski definition) is 1. The van der Waals surface area contributed by atoms with Gasteiger partial charge >= 0.3 is 0 Å². The number of ether oxygens (including phenoxy) is 2. The molecule has 0 saturated carbocycles. The molecule has 2 atom stereocenters. The Balaban J connectivity index is 1.83. The molecule has 0 spiro atoms. The van der Waals surface area contributed by atoms with Gasteiger partial charge in [0.2, 0.25) is 0 Å². The molecule has 116 valence electrons. The summed E-state index contributed by atoms with van der Waals surface area (Å²) in [5, 5.41) is 4.52. The molecule has 7 heteroatoms. The van der Waals surface area contributed by atoms with Crippen LogP contribution >= 0.6 is 23.2 Å². The average Bonchev–Trinajstić information content (AvgIpc) is 2.47. The van der Waals surface area contributed by atoms with Gasteiger partial charge in [0.25, 0.3) is 5.91 Å². The van der Waals surface area contributed by atoms with Gasteiger partial charge in [-0.1, -0.05) is 23.2 Å². The summed E-state index contributed by atoms with van der Waals surface area (Å²) in [5.74, 6) is 0.129. The minimum absolute atomic E-state index is 0.285. The van der Waals surface area contributed by atoms with E-state index in [0.717, 1.165) is 5.39 Å². The van der Waals surface area contributed by atoms with E-state index < -0.39 is 6.10 Å². The molecule has 3 rings (SSSR count). The molecule has 0 bridgehead atoms. The second kappa shape index (κ2) is 6.38. The number of hydrogen-bond acceptors (Lipinski definition) is 4. The molecule has 0 unspecified atom stereocenters. The number of benzene rings is 1. The Morgan fingerprint density at radius 3 is 2.82 bits per heavy atom. The Hall–Kier alpha value is -1.40. The Labute approximate surface area is 137 Å². The van der Waals surface area contributed by atoms with E-state index >= 15 is 0 Å². The molecule has 1 aromatic carbocycles. The van der Waals surface area contributed by atoms with E-state index in [1.165, 1.54) is 0 Å². The number of nitrogens with one attached hydrogen (secondary N) is 1. The first-order valence-electron chi connectivity index (χ1n) is 6.84. The van der Waals surface area contributed by atoms with Gasteiger partial charge in [-0.25, -0.2) is 4.98 Å². The Morgan fingerprint density at radius 1 is 1.27 bits per heavy atom. The van der Waals surface area contributed by atoms with Gasteiger partial charge in [-0.05, 0) is 31.2 Å². The number of amides is 1. The van der Waals surface area contributed by atoms with Crippen LogP contribution in [0.25, 0.3) is 10.9 Å². The number of nitrogens with zero attached hydrogens (tertiary/aromatic N) is 1. The molecule has 2 aromatic rings. The zero-order valence-corrected chi connectivity index (χ0v) is 13.3. The molecule has 5 nitrogen and oxygen atoms in total. The molecule has 0 radical (unpaired) electrons. The highest BCUT2D eigenvalue weighted by Crippen LogP contribution is 2.27. The van der Waals surface area contributed by atoms with Crippen LogP contribution in [0.1, 0.15) is 6.92 Å². The van der Waals surface area contributed by atoms with E-state index in [4.69, 9.17) is 32.7 Å².